The normalized spacial score (nSPS) is 17.2. The van der Waals surface area contributed by atoms with Crippen molar-refractivity contribution in [2.45, 2.75) is 32.3 Å². The highest BCUT2D eigenvalue weighted by molar-refractivity contribution is 5.83. The lowest BCUT2D eigenvalue weighted by atomic mass is 10.1. The third kappa shape index (κ3) is 3.05. The molecule has 0 atom stereocenters. The van der Waals surface area contributed by atoms with Crippen LogP contribution < -0.4 is 11.2 Å². The predicted octanol–water partition coefficient (Wildman–Crippen LogP) is 0.874. The van der Waals surface area contributed by atoms with E-state index in [1.807, 2.05) is 0 Å². The van der Waals surface area contributed by atoms with Crippen LogP contribution in [0.4, 0.5) is 0 Å². The van der Waals surface area contributed by atoms with Gasteiger partial charge in [0.25, 0.3) is 5.56 Å². The molecule has 0 saturated heterocycles. The molecule has 1 aromatic heterocycles. The maximum atomic E-state index is 12.0. The van der Waals surface area contributed by atoms with Crippen LogP contribution in [0.1, 0.15) is 31.4 Å². The first-order valence-electron chi connectivity index (χ1n) is 7.61. The van der Waals surface area contributed by atoms with Gasteiger partial charge in [0.15, 0.2) is 0 Å². The van der Waals surface area contributed by atoms with Crippen LogP contribution >= 0.6 is 0 Å². The zero-order valence-electron chi connectivity index (χ0n) is 12.9. The number of nitrogens with zero attached hydrogens (tertiary/aromatic N) is 2. The number of allylic oxidation sites excluding steroid dienone is 1. The molecule has 0 N–H and O–H groups in total. The van der Waals surface area contributed by atoms with Crippen molar-refractivity contribution in [3.05, 3.63) is 44.2 Å². The maximum absolute atomic E-state index is 12.0. The summed E-state index contributed by atoms with van der Waals surface area (Å²) in [6.07, 6.45) is 6.28. The molecule has 2 aliphatic carbocycles. The van der Waals surface area contributed by atoms with E-state index in [0.29, 0.717) is 17.5 Å². The van der Waals surface area contributed by atoms with Crippen molar-refractivity contribution in [2.24, 2.45) is 25.9 Å². The molecule has 1 aromatic rings. The van der Waals surface area contributed by atoms with E-state index in [-0.39, 0.29) is 12.6 Å². The van der Waals surface area contributed by atoms with Gasteiger partial charge >= 0.3 is 11.7 Å². The summed E-state index contributed by atoms with van der Waals surface area (Å²) in [5, 5.41) is 0. The minimum absolute atomic E-state index is 0.0697. The molecule has 6 heteroatoms. The van der Waals surface area contributed by atoms with Crippen LogP contribution in [0.25, 0.3) is 0 Å². The first kappa shape index (κ1) is 14.8. The summed E-state index contributed by atoms with van der Waals surface area (Å²) in [7, 11) is 2.97. The van der Waals surface area contributed by atoms with E-state index in [1.54, 1.807) is 13.1 Å². The Bertz CT molecular complexity index is 734. The van der Waals surface area contributed by atoms with Crippen molar-refractivity contribution >= 4 is 5.97 Å². The average Bonchev–Trinajstić information content (AvgIpc) is 3.37. The van der Waals surface area contributed by atoms with Crippen molar-refractivity contribution in [3.63, 3.8) is 0 Å². The van der Waals surface area contributed by atoms with E-state index in [9.17, 15) is 14.4 Å². The molecule has 0 spiro atoms. The standard InChI is InChI=1S/C16H20N2O4/c1-17-12(7-14(19)18(2)16(17)21)9-22-15(20)8-13(10-3-4-10)11-5-6-11/h7-8,10-11H,3-6,9H2,1-2H3. The van der Waals surface area contributed by atoms with Crippen LogP contribution in [0.3, 0.4) is 0 Å². The molecule has 0 aliphatic heterocycles. The Morgan fingerprint density at radius 2 is 1.77 bits per heavy atom. The molecule has 2 fully saturated rings. The van der Waals surface area contributed by atoms with Crippen LogP contribution in [0.15, 0.2) is 27.3 Å². The van der Waals surface area contributed by atoms with Gasteiger partial charge in [0.2, 0.25) is 0 Å². The number of rotatable bonds is 5. The molecule has 22 heavy (non-hydrogen) atoms. The SMILES string of the molecule is Cn1c(COC(=O)C=C(C2CC2)C2CC2)cc(=O)n(C)c1=O. The van der Waals surface area contributed by atoms with Crippen LogP contribution in [0.5, 0.6) is 0 Å². The fraction of sp³-hybridized carbons (Fsp3) is 0.562. The number of esters is 1. The van der Waals surface area contributed by atoms with Gasteiger partial charge in [-0.2, -0.15) is 0 Å². The van der Waals surface area contributed by atoms with Gasteiger partial charge in [-0.15, -0.1) is 0 Å². The summed E-state index contributed by atoms with van der Waals surface area (Å²) in [6.45, 7) is -0.0697. The summed E-state index contributed by atoms with van der Waals surface area (Å²) in [5.41, 5.74) is 0.796. The Morgan fingerprint density at radius 3 is 2.32 bits per heavy atom. The molecule has 0 unspecified atom stereocenters. The third-order valence-corrected chi connectivity index (χ3v) is 4.37. The Kier molecular flexibility index (Phi) is 3.76. The van der Waals surface area contributed by atoms with Crippen molar-refractivity contribution in [3.8, 4) is 0 Å². The lowest BCUT2D eigenvalue weighted by Gasteiger charge is -2.10. The van der Waals surface area contributed by atoms with E-state index in [0.717, 1.165) is 4.57 Å². The van der Waals surface area contributed by atoms with E-state index in [1.165, 1.54) is 48.9 Å². The largest absolute Gasteiger partial charge is 0.456 e. The molecule has 1 heterocycles. The smallest absolute Gasteiger partial charge is 0.331 e. The van der Waals surface area contributed by atoms with Gasteiger partial charge in [0, 0.05) is 26.2 Å². The molecular weight excluding hydrogens is 284 g/mol. The van der Waals surface area contributed by atoms with Crippen molar-refractivity contribution in [2.75, 3.05) is 0 Å². The highest BCUT2D eigenvalue weighted by atomic mass is 16.5. The van der Waals surface area contributed by atoms with E-state index >= 15 is 0 Å². The zero-order valence-corrected chi connectivity index (χ0v) is 12.9. The monoisotopic (exact) mass is 304 g/mol. The summed E-state index contributed by atoms with van der Waals surface area (Å²) in [5.74, 6) is 0.740. The summed E-state index contributed by atoms with van der Waals surface area (Å²) >= 11 is 0. The molecule has 6 nitrogen and oxygen atoms in total. The summed E-state index contributed by atoms with van der Waals surface area (Å²) in [6, 6.07) is 1.32. The molecular formula is C16H20N2O4. The number of carbonyl (C=O) groups excluding carboxylic acids is 1. The number of hydrogen-bond donors (Lipinski definition) is 0. The topological polar surface area (TPSA) is 70.3 Å². The lowest BCUT2D eigenvalue weighted by molar-refractivity contribution is -0.139. The van der Waals surface area contributed by atoms with Gasteiger partial charge in [-0.25, -0.2) is 9.59 Å². The highest BCUT2D eigenvalue weighted by Gasteiger charge is 2.36. The Balaban J connectivity index is 1.70. The van der Waals surface area contributed by atoms with Gasteiger partial charge in [-0.3, -0.25) is 13.9 Å². The Hall–Kier alpha value is -2.11. The van der Waals surface area contributed by atoms with Crippen LogP contribution in [-0.4, -0.2) is 15.1 Å². The van der Waals surface area contributed by atoms with Crippen LogP contribution in [0, 0.1) is 11.8 Å². The zero-order chi connectivity index (χ0) is 15.9. The second-order valence-electron chi connectivity index (χ2n) is 6.18. The lowest BCUT2D eigenvalue weighted by Crippen LogP contribution is -2.38. The molecule has 118 valence electrons. The highest BCUT2D eigenvalue weighted by Crippen LogP contribution is 2.48. The van der Waals surface area contributed by atoms with Gasteiger partial charge in [0.05, 0.1) is 5.69 Å². The molecule has 3 rings (SSSR count). The second-order valence-corrected chi connectivity index (χ2v) is 6.18. The maximum Gasteiger partial charge on any atom is 0.331 e. The first-order chi connectivity index (χ1) is 10.5. The third-order valence-electron chi connectivity index (χ3n) is 4.37. The quantitative estimate of drug-likeness (QED) is 0.598. The van der Waals surface area contributed by atoms with E-state index < -0.39 is 11.2 Å². The Morgan fingerprint density at radius 1 is 1.18 bits per heavy atom. The fourth-order valence-electron chi connectivity index (χ4n) is 2.64. The molecule has 2 aliphatic rings. The van der Waals surface area contributed by atoms with Crippen molar-refractivity contribution < 1.29 is 9.53 Å². The first-order valence-corrected chi connectivity index (χ1v) is 7.61. The molecule has 0 bridgehead atoms. The van der Waals surface area contributed by atoms with E-state index in [2.05, 4.69) is 0 Å². The van der Waals surface area contributed by atoms with Gasteiger partial charge in [0.1, 0.15) is 6.61 Å². The van der Waals surface area contributed by atoms with E-state index in [4.69, 9.17) is 4.74 Å². The summed E-state index contributed by atoms with van der Waals surface area (Å²) in [4.78, 5) is 35.4. The minimum atomic E-state index is -0.425. The molecule has 0 radical (unpaired) electrons. The average molecular weight is 304 g/mol. The van der Waals surface area contributed by atoms with Gasteiger partial charge < -0.3 is 4.74 Å². The minimum Gasteiger partial charge on any atom is -0.456 e. The predicted molar refractivity (Wildman–Crippen MR) is 80.3 cm³/mol. The molecule has 0 aromatic carbocycles. The number of ether oxygens (including phenoxy) is 1. The van der Waals surface area contributed by atoms with Gasteiger partial charge in [-0.05, 0) is 37.5 Å². The molecule has 2 saturated carbocycles. The second kappa shape index (κ2) is 5.59. The Labute approximate surface area is 128 Å². The fourth-order valence-corrected chi connectivity index (χ4v) is 2.64. The van der Waals surface area contributed by atoms with Crippen LogP contribution in [-0.2, 0) is 30.2 Å². The van der Waals surface area contributed by atoms with Crippen molar-refractivity contribution in [1.29, 1.82) is 0 Å². The number of hydrogen-bond acceptors (Lipinski definition) is 4. The van der Waals surface area contributed by atoms with Crippen molar-refractivity contribution in [1.82, 2.24) is 9.13 Å². The number of aromatic nitrogens is 2. The van der Waals surface area contributed by atoms with Crippen LogP contribution in [0.2, 0.25) is 0 Å². The molecule has 0 amide bonds. The summed E-state index contributed by atoms with van der Waals surface area (Å²) < 4.78 is 7.56. The number of carbonyl (C=O) groups is 1. The van der Waals surface area contributed by atoms with Gasteiger partial charge in [-0.1, -0.05) is 5.57 Å².